The van der Waals surface area contributed by atoms with Crippen molar-refractivity contribution in [3.63, 3.8) is 0 Å². The highest BCUT2D eigenvalue weighted by molar-refractivity contribution is 6.10. The lowest BCUT2D eigenvalue weighted by Crippen LogP contribution is -2.42. The summed E-state index contributed by atoms with van der Waals surface area (Å²) in [5, 5.41) is 5.73. The summed E-state index contributed by atoms with van der Waals surface area (Å²) in [7, 11) is 0. The number of carbonyl (C=O) groups is 3. The Bertz CT molecular complexity index is 1280. The number of fused-ring (bicyclic) bond motifs is 1. The average molecular weight is 497 g/mol. The van der Waals surface area contributed by atoms with Crippen molar-refractivity contribution < 1.29 is 14.4 Å². The van der Waals surface area contributed by atoms with Gasteiger partial charge in [-0.3, -0.25) is 19.3 Å². The third-order valence-electron chi connectivity index (χ3n) is 7.00. The molecule has 0 radical (unpaired) electrons. The standard InChI is InChI=1S/C30H32N4O3/c35-28(15-16-30(37)34-21-29(36)32-26-9-3-4-10-27(26)34)31-19-24-7-1-2-8-25(24)23-13-11-22(12-14-23)20-33-17-5-6-18-33/h1-4,7-14H,5-6,15-21H2,(H,31,35)(H,32,36). The summed E-state index contributed by atoms with van der Waals surface area (Å²) in [6, 6.07) is 23.9. The van der Waals surface area contributed by atoms with Gasteiger partial charge in [-0.15, -0.1) is 0 Å². The fourth-order valence-corrected chi connectivity index (χ4v) is 5.04. The molecule has 0 unspecified atom stereocenters. The molecule has 0 bridgehead atoms. The van der Waals surface area contributed by atoms with Gasteiger partial charge in [0.05, 0.1) is 11.4 Å². The summed E-state index contributed by atoms with van der Waals surface area (Å²) < 4.78 is 0. The van der Waals surface area contributed by atoms with E-state index in [4.69, 9.17) is 0 Å². The van der Waals surface area contributed by atoms with Gasteiger partial charge in [-0.2, -0.15) is 0 Å². The van der Waals surface area contributed by atoms with Gasteiger partial charge in [-0.25, -0.2) is 0 Å². The summed E-state index contributed by atoms with van der Waals surface area (Å²) in [5.41, 5.74) is 5.81. The molecule has 3 aromatic carbocycles. The number of hydrogen-bond acceptors (Lipinski definition) is 4. The molecule has 37 heavy (non-hydrogen) atoms. The minimum atomic E-state index is -0.244. The zero-order valence-corrected chi connectivity index (χ0v) is 20.9. The van der Waals surface area contributed by atoms with Crippen LogP contribution < -0.4 is 15.5 Å². The van der Waals surface area contributed by atoms with Crippen LogP contribution in [0.15, 0.2) is 72.8 Å². The summed E-state index contributed by atoms with van der Waals surface area (Å²) in [5.74, 6) is -0.678. The van der Waals surface area contributed by atoms with Crippen molar-refractivity contribution in [1.29, 1.82) is 0 Å². The van der Waals surface area contributed by atoms with E-state index >= 15 is 0 Å². The van der Waals surface area contributed by atoms with E-state index in [-0.39, 0.29) is 37.1 Å². The van der Waals surface area contributed by atoms with Gasteiger partial charge in [0.1, 0.15) is 6.54 Å². The zero-order valence-electron chi connectivity index (χ0n) is 20.9. The molecule has 2 N–H and O–H groups in total. The number of carbonyl (C=O) groups excluding carboxylic acids is 3. The molecule has 0 atom stereocenters. The predicted octanol–water partition coefficient (Wildman–Crippen LogP) is 4.33. The lowest BCUT2D eigenvalue weighted by Gasteiger charge is -2.29. The molecule has 7 nitrogen and oxygen atoms in total. The molecule has 0 saturated carbocycles. The van der Waals surface area contributed by atoms with Crippen LogP contribution >= 0.6 is 0 Å². The number of likely N-dealkylation sites (tertiary alicyclic amines) is 1. The van der Waals surface area contributed by atoms with Gasteiger partial charge in [0, 0.05) is 25.9 Å². The first-order valence-electron chi connectivity index (χ1n) is 12.9. The van der Waals surface area contributed by atoms with E-state index in [1.165, 1.54) is 36.4 Å². The van der Waals surface area contributed by atoms with Crippen molar-refractivity contribution in [3.8, 4) is 11.1 Å². The molecule has 190 valence electrons. The number of amides is 3. The first-order valence-corrected chi connectivity index (χ1v) is 12.9. The molecule has 2 aliphatic rings. The molecule has 3 aromatic rings. The maximum Gasteiger partial charge on any atom is 0.244 e. The number of hydrogen-bond donors (Lipinski definition) is 2. The normalized spacial score (nSPS) is 15.2. The fourth-order valence-electron chi connectivity index (χ4n) is 5.04. The Morgan fingerprint density at radius 2 is 1.59 bits per heavy atom. The first kappa shape index (κ1) is 24.7. The van der Waals surface area contributed by atoms with E-state index < -0.39 is 0 Å². The van der Waals surface area contributed by atoms with Crippen LogP contribution in [-0.4, -0.2) is 42.3 Å². The maximum absolute atomic E-state index is 12.8. The van der Waals surface area contributed by atoms with Crippen LogP contribution in [0.2, 0.25) is 0 Å². The molecule has 2 aliphatic heterocycles. The van der Waals surface area contributed by atoms with E-state index in [0.717, 1.165) is 23.2 Å². The zero-order chi connectivity index (χ0) is 25.6. The molecular formula is C30H32N4O3. The van der Waals surface area contributed by atoms with Crippen molar-refractivity contribution in [3.05, 3.63) is 83.9 Å². The Morgan fingerprint density at radius 3 is 2.41 bits per heavy atom. The molecule has 0 spiro atoms. The molecule has 0 aliphatic carbocycles. The summed E-state index contributed by atoms with van der Waals surface area (Å²) in [6.45, 7) is 3.69. The second-order valence-electron chi connectivity index (χ2n) is 9.66. The van der Waals surface area contributed by atoms with Gasteiger partial charge in [0.2, 0.25) is 17.7 Å². The van der Waals surface area contributed by atoms with E-state index in [0.29, 0.717) is 17.9 Å². The van der Waals surface area contributed by atoms with E-state index in [9.17, 15) is 14.4 Å². The second kappa shape index (κ2) is 11.4. The van der Waals surface area contributed by atoms with E-state index in [1.807, 2.05) is 24.3 Å². The van der Waals surface area contributed by atoms with E-state index in [2.05, 4.69) is 45.9 Å². The summed E-state index contributed by atoms with van der Waals surface area (Å²) in [6.07, 6.45) is 2.67. The number of anilines is 2. The molecule has 5 rings (SSSR count). The Balaban J connectivity index is 1.16. The second-order valence-corrected chi connectivity index (χ2v) is 9.66. The van der Waals surface area contributed by atoms with Gasteiger partial charge in [-0.05, 0) is 60.3 Å². The minimum Gasteiger partial charge on any atom is -0.352 e. The first-order chi connectivity index (χ1) is 18.1. The minimum absolute atomic E-state index is 0.0353. The molecular weight excluding hydrogens is 464 g/mol. The van der Waals surface area contributed by atoms with Crippen LogP contribution in [-0.2, 0) is 27.5 Å². The predicted molar refractivity (Wildman–Crippen MR) is 145 cm³/mol. The Labute approximate surface area is 217 Å². The summed E-state index contributed by atoms with van der Waals surface area (Å²) in [4.78, 5) is 41.4. The fraction of sp³-hybridized carbons (Fsp3) is 0.300. The van der Waals surface area contributed by atoms with Crippen molar-refractivity contribution in [1.82, 2.24) is 10.2 Å². The molecule has 1 fully saturated rings. The molecule has 1 saturated heterocycles. The molecule has 2 heterocycles. The lowest BCUT2D eigenvalue weighted by molar-refractivity contribution is -0.125. The van der Waals surface area contributed by atoms with E-state index in [1.54, 1.807) is 18.2 Å². The van der Waals surface area contributed by atoms with Crippen molar-refractivity contribution in [2.24, 2.45) is 0 Å². The highest BCUT2D eigenvalue weighted by Gasteiger charge is 2.26. The monoisotopic (exact) mass is 496 g/mol. The average Bonchev–Trinajstić information content (AvgIpc) is 3.44. The highest BCUT2D eigenvalue weighted by Crippen LogP contribution is 2.29. The van der Waals surface area contributed by atoms with Gasteiger partial charge < -0.3 is 15.5 Å². The number of para-hydroxylation sites is 2. The van der Waals surface area contributed by atoms with Gasteiger partial charge >= 0.3 is 0 Å². The lowest BCUT2D eigenvalue weighted by atomic mass is 9.98. The number of benzene rings is 3. The number of nitrogens with one attached hydrogen (secondary N) is 2. The topological polar surface area (TPSA) is 81.8 Å². The Kier molecular flexibility index (Phi) is 7.61. The molecule has 0 aromatic heterocycles. The van der Waals surface area contributed by atoms with Gasteiger partial charge in [-0.1, -0.05) is 60.7 Å². The van der Waals surface area contributed by atoms with Crippen LogP contribution in [0.1, 0.15) is 36.8 Å². The van der Waals surface area contributed by atoms with Gasteiger partial charge in [0.15, 0.2) is 0 Å². The number of rotatable bonds is 8. The van der Waals surface area contributed by atoms with Crippen LogP contribution in [0.4, 0.5) is 11.4 Å². The van der Waals surface area contributed by atoms with Crippen molar-refractivity contribution in [2.45, 2.75) is 38.8 Å². The van der Waals surface area contributed by atoms with Crippen LogP contribution in [0, 0.1) is 0 Å². The number of nitrogens with zero attached hydrogens (tertiary/aromatic N) is 2. The smallest absolute Gasteiger partial charge is 0.244 e. The SMILES string of the molecule is O=C(CCC(=O)N1CC(=O)Nc2ccccc21)NCc1ccccc1-c1ccc(CN2CCCC2)cc1. The van der Waals surface area contributed by atoms with Crippen LogP contribution in [0.25, 0.3) is 11.1 Å². The van der Waals surface area contributed by atoms with Crippen molar-refractivity contribution >= 4 is 29.1 Å². The van der Waals surface area contributed by atoms with Crippen LogP contribution in [0.3, 0.4) is 0 Å². The third-order valence-corrected chi connectivity index (χ3v) is 7.00. The molecule has 3 amide bonds. The van der Waals surface area contributed by atoms with Gasteiger partial charge in [0.25, 0.3) is 0 Å². The largest absolute Gasteiger partial charge is 0.352 e. The summed E-state index contributed by atoms with van der Waals surface area (Å²) >= 11 is 0. The quantitative estimate of drug-likeness (QED) is 0.486. The Morgan fingerprint density at radius 1 is 0.865 bits per heavy atom. The Hall–Kier alpha value is -3.97. The van der Waals surface area contributed by atoms with Crippen LogP contribution in [0.5, 0.6) is 0 Å². The van der Waals surface area contributed by atoms with Crippen molar-refractivity contribution in [2.75, 3.05) is 29.9 Å². The maximum atomic E-state index is 12.8. The highest BCUT2D eigenvalue weighted by atomic mass is 16.2. The molecule has 7 heteroatoms. The third kappa shape index (κ3) is 6.06.